The van der Waals surface area contributed by atoms with Gasteiger partial charge in [0.25, 0.3) is 0 Å². The monoisotopic (exact) mass is 353 g/mol. The number of aliphatic hydroxyl groups excluding tert-OH is 1. The number of rotatable bonds is 7. The molecule has 0 fully saturated rings. The molecule has 20 heavy (non-hydrogen) atoms. The number of aryl methyl sites for hydroxylation is 1. The summed E-state index contributed by atoms with van der Waals surface area (Å²) in [4.78, 5) is 1.38. The second kappa shape index (κ2) is 7.93. The molecular formula is C16H20BrNOS. The summed E-state index contributed by atoms with van der Waals surface area (Å²) in [6, 6.07) is 12.2. The Bertz CT molecular complexity index is 515. The molecule has 3 N–H and O–H groups in total. The van der Waals surface area contributed by atoms with Gasteiger partial charge in [0, 0.05) is 21.8 Å². The molecule has 1 aromatic carbocycles. The number of benzene rings is 1. The first-order valence-electron chi connectivity index (χ1n) is 6.87. The van der Waals surface area contributed by atoms with Crippen molar-refractivity contribution in [1.82, 2.24) is 0 Å². The van der Waals surface area contributed by atoms with Gasteiger partial charge in [-0.1, -0.05) is 40.2 Å². The lowest BCUT2D eigenvalue weighted by Gasteiger charge is -2.23. The molecule has 2 unspecified atom stereocenters. The number of aliphatic hydroxyl groups is 1. The first kappa shape index (κ1) is 15.7. The van der Waals surface area contributed by atoms with Crippen LogP contribution in [0.5, 0.6) is 0 Å². The Kier molecular flexibility index (Phi) is 6.23. The number of thiophene rings is 1. The molecule has 0 bridgehead atoms. The molecule has 1 heterocycles. The van der Waals surface area contributed by atoms with Crippen LogP contribution in [0.15, 0.2) is 46.3 Å². The Hall–Kier alpha value is -0.680. The van der Waals surface area contributed by atoms with Gasteiger partial charge in [0.05, 0.1) is 6.10 Å². The van der Waals surface area contributed by atoms with Crippen LogP contribution in [0.25, 0.3) is 0 Å². The summed E-state index contributed by atoms with van der Waals surface area (Å²) in [6.07, 6.45) is 2.41. The zero-order chi connectivity index (χ0) is 14.4. The van der Waals surface area contributed by atoms with E-state index in [1.165, 1.54) is 4.88 Å². The van der Waals surface area contributed by atoms with Crippen LogP contribution < -0.4 is 5.73 Å². The van der Waals surface area contributed by atoms with Crippen molar-refractivity contribution in [2.45, 2.75) is 31.3 Å². The van der Waals surface area contributed by atoms with Crippen LogP contribution in [0.3, 0.4) is 0 Å². The van der Waals surface area contributed by atoms with E-state index in [0.717, 1.165) is 29.3 Å². The highest BCUT2D eigenvalue weighted by Gasteiger charge is 2.21. The molecule has 2 nitrogen and oxygen atoms in total. The van der Waals surface area contributed by atoms with Gasteiger partial charge in [0.1, 0.15) is 0 Å². The maximum absolute atomic E-state index is 10.4. The van der Waals surface area contributed by atoms with Gasteiger partial charge < -0.3 is 10.8 Å². The summed E-state index contributed by atoms with van der Waals surface area (Å²) >= 11 is 5.31. The molecule has 0 aliphatic rings. The minimum absolute atomic E-state index is 0.00564. The van der Waals surface area contributed by atoms with Crippen molar-refractivity contribution in [3.05, 3.63) is 56.7 Å². The Balaban J connectivity index is 1.92. The Labute approximate surface area is 132 Å². The van der Waals surface area contributed by atoms with Gasteiger partial charge in [0.15, 0.2) is 0 Å². The van der Waals surface area contributed by atoms with Crippen LogP contribution in [-0.4, -0.2) is 17.8 Å². The van der Waals surface area contributed by atoms with Crippen LogP contribution in [0, 0.1) is 0 Å². The maximum atomic E-state index is 10.4. The molecule has 0 saturated carbocycles. The lowest BCUT2D eigenvalue weighted by molar-refractivity contribution is 0.133. The zero-order valence-electron chi connectivity index (χ0n) is 11.3. The largest absolute Gasteiger partial charge is 0.392 e. The zero-order valence-corrected chi connectivity index (χ0v) is 13.7. The van der Waals surface area contributed by atoms with Crippen LogP contribution in [0.1, 0.15) is 29.2 Å². The molecule has 2 rings (SSSR count). The van der Waals surface area contributed by atoms with Crippen LogP contribution in [-0.2, 0) is 6.42 Å². The summed E-state index contributed by atoms with van der Waals surface area (Å²) < 4.78 is 1.02. The number of nitrogens with two attached hydrogens (primary N) is 1. The first-order chi connectivity index (χ1) is 9.72. The van der Waals surface area contributed by atoms with Gasteiger partial charge >= 0.3 is 0 Å². The van der Waals surface area contributed by atoms with E-state index >= 15 is 0 Å². The molecule has 0 saturated heterocycles. The third-order valence-corrected chi connectivity index (χ3v) is 5.18. The highest BCUT2D eigenvalue weighted by atomic mass is 79.9. The minimum Gasteiger partial charge on any atom is -0.392 e. The average molecular weight is 354 g/mol. The minimum atomic E-state index is -0.390. The maximum Gasteiger partial charge on any atom is 0.0621 e. The fourth-order valence-corrected chi connectivity index (χ4v) is 3.74. The molecule has 1 aromatic heterocycles. The Morgan fingerprint density at radius 1 is 1.20 bits per heavy atom. The van der Waals surface area contributed by atoms with E-state index in [9.17, 15) is 5.11 Å². The molecular weight excluding hydrogens is 334 g/mol. The van der Waals surface area contributed by atoms with Crippen molar-refractivity contribution in [1.29, 1.82) is 0 Å². The molecule has 2 aromatic rings. The standard InChI is InChI=1S/C16H20BrNOS/c17-15-8-2-1-7-13(15)14(11-18)16(19)9-3-5-12-6-4-10-20-12/h1-2,4,6-8,10,14,16,19H,3,5,9,11,18H2. The van der Waals surface area contributed by atoms with E-state index in [2.05, 4.69) is 33.4 Å². The van der Waals surface area contributed by atoms with Crippen molar-refractivity contribution in [3.8, 4) is 0 Å². The molecule has 0 spiro atoms. The summed E-state index contributed by atoms with van der Waals surface area (Å²) in [5, 5.41) is 12.5. The Morgan fingerprint density at radius 3 is 2.65 bits per heavy atom. The quantitative estimate of drug-likeness (QED) is 0.791. The fourth-order valence-electron chi connectivity index (χ4n) is 2.41. The molecule has 2 atom stereocenters. The molecule has 4 heteroatoms. The number of hydrogen-bond donors (Lipinski definition) is 2. The van der Waals surface area contributed by atoms with Crippen LogP contribution in [0.4, 0.5) is 0 Å². The number of hydrogen-bond acceptors (Lipinski definition) is 3. The summed E-state index contributed by atoms with van der Waals surface area (Å²) in [5.41, 5.74) is 6.96. The highest BCUT2D eigenvalue weighted by molar-refractivity contribution is 9.10. The van der Waals surface area contributed by atoms with Gasteiger partial charge in [-0.05, 0) is 42.3 Å². The molecule has 0 radical (unpaired) electrons. The van der Waals surface area contributed by atoms with E-state index in [1.807, 2.05) is 24.3 Å². The van der Waals surface area contributed by atoms with Gasteiger partial charge in [-0.15, -0.1) is 11.3 Å². The average Bonchev–Trinajstić information content (AvgIpc) is 2.95. The van der Waals surface area contributed by atoms with Crippen LogP contribution in [0.2, 0.25) is 0 Å². The van der Waals surface area contributed by atoms with Crippen molar-refractivity contribution in [2.24, 2.45) is 5.73 Å². The Morgan fingerprint density at radius 2 is 2.00 bits per heavy atom. The summed E-state index contributed by atoms with van der Waals surface area (Å²) in [7, 11) is 0. The fraction of sp³-hybridized carbons (Fsp3) is 0.375. The number of halogens is 1. The third-order valence-electron chi connectivity index (χ3n) is 3.53. The van der Waals surface area contributed by atoms with Crippen molar-refractivity contribution in [3.63, 3.8) is 0 Å². The second-order valence-electron chi connectivity index (χ2n) is 4.90. The smallest absolute Gasteiger partial charge is 0.0621 e. The van der Waals surface area contributed by atoms with E-state index in [4.69, 9.17) is 5.73 Å². The van der Waals surface area contributed by atoms with Crippen molar-refractivity contribution < 1.29 is 5.11 Å². The lowest BCUT2D eigenvalue weighted by Crippen LogP contribution is -2.26. The SMILES string of the molecule is NCC(c1ccccc1Br)C(O)CCCc1cccs1. The normalized spacial score (nSPS) is 14.2. The van der Waals surface area contributed by atoms with E-state index in [-0.39, 0.29) is 5.92 Å². The van der Waals surface area contributed by atoms with Gasteiger partial charge in [-0.3, -0.25) is 0 Å². The van der Waals surface area contributed by atoms with Crippen LogP contribution >= 0.6 is 27.3 Å². The molecule has 108 valence electrons. The highest BCUT2D eigenvalue weighted by Crippen LogP contribution is 2.28. The summed E-state index contributed by atoms with van der Waals surface area (Å²) in [5.74, 6) is -0.00564. The molecule has 0 amide bonds. The van der Waals surface area contributed by atoms with E-state index in [0.29, 0.717) is 6.54 Å². The lowest BCUT2D eigenvalue weighted by atomic mass is 9.90. The molecule has 0 aliphatic heterocycles. The van der Waals surface area contributed by atoms with Gasteiger partial charge in [0.2, 0.25) is 0 Å². The first-order valence-corrected chi connectivity index (χ1v) is 8.54. The molecule has 0 aliphatic carbocycles. The van der Waals surface area contributed by atoms with E-state index in [1.54, 1.807) is 11.3 Å². The predicted molar refractivity (Wildman–Crippen MR) is 89.2 cm³/mol. The van der Waals surface area contributed by atoms with Crippen molar-refractivity contribution in [2.75, 3.05) is 6.54 Å². The van der Waals surface area contributed by atoms with Gasteiger partial charge in [-0.25, -0.2) is 0 Å². The summed E-state index contributed by atoms with van der Waals surface area (Å²) in [6.45, 7) is 0.461. The van der Waals surface area contributed by atoms with E-state index < -0.39 is 6.10 Å². The topological polar surface area (TPSA) is 46.2 Å². The third kappa shape index (κ3) is 4.16. The van der Waals surface area contributed by atoms with Gasteiger partial charge in [-0.2, -0.15) is 0 Å². The second-order valence-corrected chi connectivity index (χ2v) is 6.79. The van der Waals surface area contributed by atoms with Crippen molar-refractivity contribution >= 4 is 27.3 Å². The predicted octanol–water partition coefficient (Wildman–Crippen LogP) is 3.94.